The van der Waals surface area contributed by atoms with E-state index in [0.29, 0.717) is 7.62 Å². The zero-order valence-corrected chi connectivity index (χ0v) is 10.3. The topological polar surface area (TPSA) is 29.4 Å². The molecular formula is C8H5I2NO. The van der Waals surface area contributed by atoms with E-state index in [1.54, 1.807) is 6.07 Å². The molecule has 0 fully saturated rings. The van der Waals surface area contributed by atoms with Crippen molar-refractivity contribution in [3.05, 3.63) is 29.8 Å². The summed E-state index contributed by atoms with van der Waals surface area (Å²) in [5.74, 6) is 0. The van der Waals surface area contributed by atoms with Gasteiger partial charge in [-0.2, -0.15) is 4.99 Å². The highest BCUT2D eigenvalue weighted by Gasteiger charge is 2.01. The number of aliphatic imine (C=N–C) groups is 1. The largest absolute Gasteiger partial charge is 0.240 e. The van der Waals surface area contributed by atoms with E-state index in [4.69, 9.17) is 0 Å². The van der Waals surface area contributed by atoms with Crippen LogP contribution in [0, 0.1) is 0 Å². The Morgan fingerprint density at radius 1 is 1.42 bits per heavy atom. The number of rotatable bonds is 2. The number of halogens is 2. The van der Waals surface area contributed by atoms with Gasteiger partial charge in [-0.1, -0.05) is 57.3 Å². The van der Waals surface area contributed by atoms with E-state index in [9.17, 15) is 4.79 Å². The molecule has 0 aliphatic rings. The molecule has 0 saturated heterocycles. The van der Waals surface area contributed by atoms with Gasteiger partial charge in [0.15, 0.2) is 0 Å². The second-order valence-electron chi connectivity index (χ2n) is 2.10. The van der Waals surface area contributed by atoms with Gasteiger partial charge < -0.3 is 0 Å². The molecule has 0 saturated carbocycles. The van der Waals surface area contributed by atoms with Crippen molar-refractivity contribution >= 4 is 56.9 Å². The van der Waals surface area contributed by atoms with Gasteiger partial charge in [-0.15, -0.1) is 0 Å². The summed E-state index contributed by atoms with van der Waals surface area (Å²) in [5.41, 5.74) is 1.83. The van der Waals surface area contributed by atoms with Gasteiger partial charge in [0.05, 0.1) is 7.62 Å². The van der Waals surface area contributed by atoms with E-state index in [1.165, 1.54) is 6.08 Å². The molecule has 0 aliphatic heterocycles. The molecule has 0 radical (unpaired) electrons. The van der Waals surface area contributed by atoms with Gasteiger partial charge >= 0.3 is 0 Å². The smallest absolute Gasteiger partial charge is 0.211 e. The molecule has 0 heterocycles. The van der Waals surface area contributed by atoms with E-state index in [-0.39, 0.29) is 0 Å². The molecule has 2 nitrogen and oxygen atoms in total. The Kier molecular flexibility index (Phi) is 4.17. The van der Waals surface area contributed by atoms with Crippen molar-refractivity contribution in [2.75, 3.05) is 0 Å². The van der Waals surface area contributed by atoms with E-state index in [1.807, 2.05) is 18.2 Å². The lowest BCUT2D eigenvalue weighted by molar-refractivity contribution is 0.565. The normalized spacial score (nSPS) is 9.58. The Labute approximate surface area is 97.7 Å². The third-order valence-electron chi connectivity index (χ3n) is 1.30. The Morgan fingerprint density at radius 2 is 2.17 bits per heavy atom. The van der Waals surface area contributed by atoms with Crippen LogP contribution in [0.1, 0.15) is 7.49 Å². The highest BCUT2D eigenvalue weighted by atomic mass is 127. The van der Waals surface area contributed by atoms with Crippen molar-refractivity contribution in [1.82, 2.24) is 0 Å². The predicted octanol–water partition coefficient (Wildman–Crippen LogP) is 3.52. The molecule has 12 heavy (non-hydrogen) atoms. The maximum absolute atomic E-state index is 9.96. The molecule has 62 valence electrons. The summed E-state index contributed by atoms with van der Waals surface area (Å²) in [4.78, 5) is 13.5. The highest BCUT2D eigenvalue weighted by Crippen LogP contribution is 2.31. The van der Waals surface area contributed by atoms with Crippen LogP contribution >= 0.6 is 45.2 Å². The minimum absolute atomic E-state index is 0.405. The van der Waals surface area contributed by atoms with Crippen LogP contribution < -0.4 is 0 Å². The van der Waals surface area contributed by atoms with Crippen molar-refractivity contribution in [3.63, 3.8) is 0 Å². The zero-order chi connectivity index (χ0) is 8.97. The number of isocyanates is 1. The summed E-state index contributed by atoms with van der Waals surface area (Å²) < 4.78 is 0.405. The lowest BCUT2D eigenvalue weighted by atomic mass is 10.2. The summed E-state index contributed by atoms with van der Waals surface area (Å²) in [7, 11) is 0. The third kappa shape index (κ3) is 2.84. The van der Waals surface area contributed by atoms with Crippen molar-refractivity contribution in [2.24, 2.45) is 4.99 Å². The molecule has 1 aromatic rings. The van der Waals surface area contributed by atoms with Crippen LogP contribution in [0.3, 0.4) is 0 Å². The molecule has 1 rings (SSSR count). The summed E-state index contributed by atoms with van der Waals surface area (Å²) in [6.07, 6.45) is 1.52. The standard InChI is InChI=1S/C8H5I2NO/c9-8(10)6-2-1-3-7(4-6)11-5-12/h1-4,8H. The number of hydrogen-bond donors (Lipinski definition) is 0. The fourth-order valence-corrected chi connectivity index (χ4v) is 1.56. The van der Waals surface area contributed by atoms with Gasteiger partial charge in [0.2, 0.25) is 6.08 Å². The molecule has 0 atom stereocenters. The minimum atomic E-state index is 0.405. The van der Waals surface area contributed by atoms with E-state index in [0.717, 1.165) is 5.56 Å². The van der Waals surface area contributed by atoms with Gasteiger partial charge in [0.1, 0.15) is 0 Å². The molecule has 0 aliphatic carbocycles. The highest BCUT2D eigenvalue weighted by molar-refractivity contribution is 14.2. The Hall–Kier alpha value is 0.0600. The molecule has 1 aromatic carbocycles. The van der Waals surface area contributed by atoms with Gasteiger partial charge in [-0.25, -0.2) is 4.79 Å². The average molecular weight is 385 g/mol. The Balaban J connectivity index is 3.03. The molecule has 0 spiro atoms. The first kappa shape index (κ1) is 10.1. The maximum atomic E-state index is 9.96. The molecule has 0 N–H and O–H groups in total. The number of nitrogens with zero attached hydrogens (tertiary/aromatic N) is 1. The summed E-state index contributed by atoms with van der Waals surface area (Å²) in [6.45, 7) is 0. The van der Waals surface area contributed by atoms with Crippen LogP contribution in [-0.2, 0) is 4.79 Å². The molecule has 4 heteroatoms. The number of benzene rings is 1. The van der Waals surface area contributed by atoms with Crippen LogP contribution in [0.25, 0.3) is 0 Å². The molecule has 0 bridgehead atoms. The maximum Gasteiger partial charge on any atom is 0.240 e. The van der Waals surface area contributed by atoms with E-state index < -0.39 is 0 Å². The van der Waals surface area contributed by atoms with Crippen molar-refractivity contribution in [3.8, 4) is 0 Å². The number of carbonyl (C=O) groups excluding carboxylic acids is 1. The lowest BCUT2D eigenvalue weighted by Crippen LogP contribution is -1.77. The van der Waals surface area contributed by atoms with Crippen LogP contribution in [0.4, 0.5) is 5.69 Å². The number of hydrogen-bond acceptors (Lipinski definition) is 2. The van der Waals surface area contributed by atoms with Crippen LogP contribution in [0.2, 0.25) is 0 Å². The summed E-state index contributed by atoms with van der Waals surface area (Å²) >= 11 is 4.60. The van der Waals surface area contributed by atoms with Gasteiger partial charge in [-0.3, -0.25) is 0 Å². The lowest BCUT2D eigenvalue weighted by Gasteiger charge is -2.00. The predicted molar refractivity (Wildman–Crippen MR) is 65.0 cm³/mol. The fourth-order valence-electron chi connectivity index (χ4n) is 0.783. The first-order valence-corrected chi connectivity index (χ1v) is 5.69. The molecule has 0 amide bonds. The minimum Gasteiger partial charge on any atom is -0.211 e. The quantitative estimate of drug-likeness (QED) is 0.332. The van der Waals surface area contributed by atoms with Gasteiger partial charge in [0.25, 0.3) is 0 Å². The monoisotopic (exact) mass is 385 g/mol. The van der Waals surface area contributed by atoms with Crippen molar-refractivity contribution in [2.45, 2.75) is 1.93 Å². The first-order valence-electron chi connectivity index (χ1n) is 3.20. The van der Waals surface area contributed by atoms with Crippen molar-refractivity contribution in [1.29, 1.82) is 0 Å². The second kappa shape index (κ2) is 4.94. The summed E-state index contributed by atoms with van der Waals surface area (Å²) in [5, 5.41) is 0. The van der Waals surface area contributed by atoms with E-state index in [2.05, 4.69) is 50.2 Å². The molecule has 0 aromatic heterocycles. The van der Waals surface area contributed by atoms with Crippen molar-refractivity contribution < 1.29 is 4.79 Å². The second-order valence-corrected chi connectivity index (χ2v) is 6.97. The van der Waals surface area contributed by atoms with Crippen LogP contribution in [0.5, 0.6) is 0 Å². The van der Waals surface area contributed by atoms with Gasteiger partial charge in [0, 0.05) is 0 Å². The van der Waals surface area contributed by atoms with Gasteiger partial charge in [-0.05, 0) is 17.7 Å². The Morgan fingerprint density at radius 3 is 2.75 bits per heavy atom. The molecular weight excluding hydrogens is 380 g/mol. The SMILES string of the molecule is O=C=Nc1cccc(C(I)I)c1. The Bertz CT molecular complexity index is 319. The van der Waals surface area contributed by atoms with Crippen LogP contribution in [0.15, 0.2) is 29.3 Å². The summed E-state index contributed by atoms with van der Waals surface area (Å²) in [6, 6.07) is 7.56. The molecule has 0 unspecified atom stereocenters. The third-order valence-corrected chi connectivity index (χ3v) is 2.74. The first-order chi connectivity index (χ1) is 5.74. The average Bonchev–Trinajstić information content (AvgIpc) is 2.05. The number of alkyl halides is 2. The fraction of sp³-hybridized carbons (Fsp3) is 0.125. The zero-order valence-electron chi connectivity index (χ0n) is 6.00. The van der Waals surface area contributed by atoms with Crippen LogP contribution in [-0.4, -0.2) is 6.08 Å². The van der Waals surface area contributed by atoms with E-state index >= 15 is 0 Å².